The van der Waals surface area contributed by atoms with E-state index in [0.717, 1.165) is 13.0 Å². The predicted molar refractivity (Wildman–Crippen MR) is 73.0 cm³/mol. The second-order valence-corrected chi connectivity index (χ2v) is 7.26. The number of nitrogens with one attached hydrogen (secondary N) is 1. The summed E-state index contributed by atoms with van der Waals surface area (Å²) in [6.45, 7) is 9.44. The molecule has 16 heavy (non-hydrogen) atoms. The average Bonchev–Trinajstić information content (AvgIpc) is 2.10. The molecule has 0 aromatic heterocycles. The zero-order chi connectivity index (χ0) is 12.8. The first-order chi connectivity index (χ1) is 7.20. The number of hydrogen-bond donors (Lipinski definition) is 1. The van der Waals surface area contributed by atoms with Gasteiger partial charge >= 0.3 is 0 Å². The summed E-state index contributed by atoms with van der Waals surface area (Å²) in [4.78, 5) is 13.7. The lowest BCUT2D eigenvalue weighted by Crippen LogP contribution is -2.36. The van der Waals surface area contributed by atoms with E-state index in [-0.39, 0.29) is 16.7 Å². The summed E-state index contributed by atoms with van der Waals surface area (Å²) in [6, 6.07) is 0.260. The van der Waals surface area contributed by atoms with Crippen molar-refractivity contribution in [3.8, 4) is 0 Å². The molecule has 1 atom stereocenters. The van der Waals surface area contributed by atoms with Gasteiger partial charge in [0, 0.05) is 10.8 Å². The quantitative estimate of drug-likeness (QED) is 0.778. The van der Waals surface area contributed by atoms with Crippen LogP contribution in [0.4, 0.5) is 0 Å². The second-order valence-electron chi connectivity index (χ2n) is 5.46. The highest BCUT2D eigenvalue weighted by atomic mass is 32.2. The van der Waals surface area contributed by atoms with Crippen molar-refractivity contribution in [3.63, 3.8) is 0 Å². The first kappa shape index (κ1) is 15.8. The van der Waals surface area contributed by atoms with Gasteiger partial charge in [0.05, 0.1) is 5.75 Å². The van der Waals surface area contributed by atoms with E-state index in [4.69, 9.17) is 0 Å². The molecule has 3 nitrogen and oxygen atoms in total. The van der Waals surface area contributed by atoms with Gasteiger partial charge in [0.1, 0.15) is 0 Å². The lowest BCUT2D eigenvalue weighted by molar-refractivity contribution is -0.119. The van der Waals surface area contributed by atoms with E-state index in [1.165, 1.54) is 0 Å². The smallest absolute Gasteiger partial charge is 0.230 e. The topological polar surface area (TPSA) is 32.3 Å². The molecule has 0 rings (SSSR count). The summed E-state index contributed by atoms with van der Waals surface area (Å²) in [6.07, 6.45) is 0.999. The number of rotatable bonds is 6. The number of hydrogen-bond acceptors (Lipinski definition) is 3. The number of amides is 1. The highest BCUT2D eigenvalue weighted by molar-refractivity contribution is 8.01. The largest absolute Gasteiger partial charge is 0.353 e. The maximum absolute atomic E-state index is 11.6. The lowest BCUT2D eigenvalue weighted by Gasteiger charge is -2.19. The van der Waals surface area contributed by atoms with Crippen LogP contribution in [0.5, 0.6) is 0 Å². The molecule has 96 valence electrons. The van der Waals surface area contributed by atoms with Crippen LogP contribution in [0.15, 0.2) is 0 Å². The molecule has 0 radical (unpaired) electrons. The van der Waals surface area contributed by atoms with E-state index in [2.05, 4.69) is 37.9 Å². The van der Waals surface area contributed by atoms with Crippen LogP contribution in [0, 0.1) is 0 Å². The Morgan fingerprint density at radius 1 is 1.38 bits per heavy atom. The van der Waals surface area contributed by atoms with E-state index in [9.17, 15) is 4.79 Å². The maximum atomic E-state index is 11.6. The number of carbonyl (C=O) groups excluding carboxylic acids is 1. The average molecular weight is 246 g/mol. The van der Waals surface area contributed by atoms with Crippen LogP contribution in [-0.2, 0) is 4.79 Å². The van der Waals surface area contributed by atoms with Gasteiger partial charge in [0.25, 0.3) is 0 Å². The third-order valence-electron chi connectivity index (χ3n) is 2.05. The Kier molecular flexibility index (Phi) is 7.07. The molecule has 0 aliphatic carbocycles. The van der Waals surface area contributed by atoms with Gasteiger partial charge in [-0.05, 0) is 34.0 Å². The summed E-state index contributed by atoms with van der Waals surface area (Å²) in [5.74, 6) is 0.696. The van der Waals surface area contributed by atoms with Gasteiger partial charge in [-0.2, -0.15) is 0 Å². The summed E-state index contributed by atoms with van der Waals surface area (Å²) in [5.41, 5.74) is 0. The highest BCUT2D eigenvalue weighted by Crippen LogP contribution is 2.22. The van der Waals surface area contributed by atoms with Crippen LogP contribution < -0.4 is 5.32 Å². The molecule has 0 aliphatic heterocycles. The molecule has 0 spiro atoms. The van der Waals surface area contributed by atoms with Crippen molar-refractivity contribution in [2.24, 2.45) is 0 Å². The second kappa shape index (κ2) is 7.17. The Balaban J connectivity index is 3.70. The molecular weight excluding hydrogens is 220 g/mol. The van der Waals surface area contributed by atoms with Gasteiger partial charge in [-0.15, -0.1) is 11.8 Å². The standard InChI is InChI=1S/C12H26N2OS/c1-10(7-8-14(5)6)13-11(15)9-16-12(2,3)4/h10H,7-9H2,1-6H3,(H,13,15). The van der Waals surface area contributed by atoms with E-state index < -0.39 is 0 Å². The van der Waals surface area contributed by atoms with Crippen molar-refractivity contribution >= 4 is 17.7 Å². The number of carbonyl (C=O) groups is 1. The van der Waals surface area contributed by atoms with Crippen molar-refractivity contribution in [3.05, 3.63) is 0 Å². The van der Waals surface area contributed by atoms with Crippen LogP contribution in [0.1, 0.15) is 34.1 Å². The molecule has 4 heteroatoms. The Hall–Kier alpha value is -0.220. The van der Waals surface area contributed by atoms with Crippen molar-refractivity contribution in [1.82, 2.24) is 10.2 Å². The zero-order valence-electron chi connectivity index (χ0n) is 11.5. The SMILES string of the molecule is CC(CCN(C)C)NC(=O)CSC(C)(C)C. The van der Waals surface area contributed by atoms with Gasteiger partial charge in [-0.1, -0.05) is 20.8 Å². The van der Waals surface area contributed by atoms with Gasteiger partial charge in [0.15, 0.2) is 0 Å². The van der Waals surface area contributed by atoms with Crippen molar-refractivity contribution in [2.45, 2.75) is 44.9 Å². The number of nitrogens with zero attached hydrogens (tertiary/aromatic N) is 1. The van der Waals surface area contributed by atoms with Gasteiger partial charge in [-0.3, -0.25) is 4.79 Å². The van der Waals surface area contributed by atoms with Crippen LogP contribution in [0.25, 0.3) is 0 Å². The molecule has 1 amide bonds. The van der Waals surface area contributed by atoms with E-state index in [1.54, 1.807) is 11.8 Å². The summed E-state index contributed by atoms with van der Waals surface area (Å²) < 4.78 is 0.157. The Labute approximate surface area is 104 Å². The fourth-order valence-corrected chi connectivity index (χ4v) is 1.77. The zero-order valence-corrected chi connectivity index (χ0v) is 12.3. The first-order valence-corrected chi connectivity index (χ1v) is 6.77. The van der Waals surface area contributed by atoms with Crippen LogP contribution >= 0.6 is 11.8 Å². The van der Waals surface area contributed by atoms with Gasteiger partial charge in [0.2, 0.25) is 5.91 Å². The minimum Gasteiger partial charge on any atom is -0.353 e. The van der Waals surface area contributed by atoms with Crippen molar-refractivity contribution in [1.29, 1.82) is 0 Å². The monoisotopic (exact) mass is 246 g/mol. The predicted octanol–water partition coefficient (Wildman–Crippen LogP) is 1.97. The summed E-state index contributed by atoms with van der Waals surface area (Å²) >= 11 is 1.69. The van der Waals surface area contributed by atoms with E-state index >= 15 is 0 Å². The maximum Gasteiger partial charge on any atom is 0.230 e. The minimum absolute atomic E-state index is 0.145. The fraction of sp³-hybridized carbons (Fsp3) is 0.917. The van der Waals surface area contributed by atoms with Crippen LogP contribution in [0.3, 0.4) is 0 Å². The third-order valence-corrected chi connectivity index (χ3v) is 3.33. The number of thioether (sulfide) groups is 1. The Bertz CT molecular complexity index is 212. The fourth-order valence-electron chi connectivity index (χ4n) is 1.12. The summed E-state index contributed by atoms with van der Waals surface area (Å²) in [5, 5.41) is 3.02. The van der Waals surface area contributed by atoms with Crippen molar-refractivity contribution < 1.29 is 4.79 Å². The molecule has 0 aromatic rings. The molecular formula is C12H26N2OS. The molecule has 1 N–H and O–H groups in total. The van der Waals surface area contributed by atoms with Gasteiger partial charge in [-0.25, -0.2) is 0 Å². The third kappa shape index (κ3) is 10.3. The van der Waals surface area contributed by atoms with Crippen LogP contribution in [-0.4, -0.2) is 48.0 Å². The molecule has 0 heterocycles. The molecule has 0 aliphatic rings. The Morgan fingerprint density at radius 3 is 2.38 bits per heavy atom. The van der Waals surface area contributed by atoms with Gasteiger partial charge < -0.3 is 10.2 Å². The first-order valence-electron chi connectivity index (χ1n) is 5.79. The highest BCUT2D eigenvalue weighted by Gasteiger charge is 2.14. The lowest BCUT2D eigenvalue weighted by atomic mass is 10.2. The van der Waals surface area contributed by atoms with Crippen molar-refractivity contribution in [2.75, 3.05) is 26.4 Å². The molecule has 0 saturated heterocycles. The molecule has 0 aromatic carbocycles. The molecule has 1 unspecified atom stereocenters. The molecule has 0 fully saturated rings. The minimum atomic E-state index is 0.145. The Morgan fingerprint density at radius 2 is 1.94 bits per heavy atom. The normalized spacial score (nSPS) is 13.9. The molecule has 0 saturated carbocycles. The summed E-state index contributed by atoms with van der Waals surface area (Å²) in [7, 11) is 4.09. The van der Waals surface area contributed by atoms with Crippen LogP contribution in [0.2, 0.25) is 0 Å². The molecule has 0 bridgehead atoms. The van der Waals surface area contributed by atoms with E-state index in [0.29, 0.717) is 5.75 Å². The van der Waals surface area contributed by atoms with E-state index in [1.807, 2.05) is 14.1 Å².